The van der Waals surface area contributed by atoms with Gasteiger partial charge in [-0.15, -0.1) is 0 Å². The second-order valence-corrected chi connectivity index (χ2v) is 5.04. The average molecular weight is 249 g/mol. The van der Waals surface area contributed by atoms with Gasteiger partial charge >= 0.3 is 0 Å². The number of ketones is 1. The summed E-state index contributed by atoms with van der Waals surface area (Å²) in [5, 5.41) is 1.89. The zero-order valence-electron chi connectivity index (χ0n) is 11.1. The molecular weight excluding hydrogens is 234 g/mol. The number of rotatable bonds is 2. The van der Waals surface area contributed by atoms with Crippen molar-refractivity contribution in [3.63, 3.8) is 0 Å². The molecule has 3 aromatic rings. The van der Waals surface area contributed by atoms with Crippen LogP contribution >= 0.6 is 0 Å². The molecule has 0 spiro atoms. The fourth-order valence-electron chi connectivity index (χ4n) is 2.39. The van der Waals surface area contributed by atoms with E-state index in [0.717, 1.165) is 27.4 Å². The molecule has 0 aliphatic heterocycles. The van der Waals surface area contributed by atoms with Gasteiger partial charge in [0.25, 0.3) is 0 Å². The van der Waals surface area contributed by atoms with Crippen LogP contribution in [0.4, 0.5) is 0 Å². The second-order valence-electron chi connectivity index (χ2n) is 5.04. The Hall–Kier alpha value is -2.22. The van der Waals surface area contributed by atoms with Crippen LogP contribution in [-0.4, -0.2) is 10.8 Å². The summed E-state index contributed by atoms with van der Waals surface area (Å²) in [5.74, 6) is 0.156. The summed E-state index contributed by atoms with van der Waals surface area (Å²) in [6.07, 6.45) is 0. The van der Waals surface area contributed by atoms with Crippen molar-refractivity contribution in [2.75, 3.05) is 0 Å². The number of aromatic nitrogens is 1. The van der Waals surface area contributed by atoms with Crippen LogP contribution < -0.4 is 0 Å². The van der Waals surface area contributed by atoms with Crippen molar-refractivity contribution >= 4 is 27.6 Å². The van der Waals surface area contributed by atoms with Crippen molar-refractivity contribution in [1.82, 2.24) is 4.98 Å². The van der Waals surface area contributed by atoms with Crippen LogP contribution in [0.5, 0.6) is 0 Å². The molecular formula is C17H15NO. The molecule has 0 atom stereocenters. The van der Waals surface area contributed by atoms with Crippen LogP contribution in [-0.2, 0) is 0 Å². The molecule has 2 heteroatoms. The number of carbonyl (C=O) groups is 1. The first-order chi connectivity index (χ1) is 9.18. The fraction of sp³-hybridized carbons (Fsp3) is 0.176. The summed E-state index contributed by atoms with van der Waals surface area (Å²) in [7, 11) is 0. The Morgan fingerprint density at radius 1 is 0.895 bits per heavy atom. The maximum Gasteiger partial charge on any atom is 0.166 e. The topological polar surface area (TPSA) is 30.0 Å². The van der Waals surface area contributed by atoms with E-state index in [1.807, 2.05) is 62.4 Å². The van der Waals surface area contributed by atoms with Crippen molar-refractivity contribution in [1.29, 1.82) is 0 Å². The third-order valence-electron chi connectivity index (χ3n) is 3.36. The highest BCUT2D eigenvalue weighted by atomic mass is 16.1. The van der Waals surface area contributed by atoms with Gasteiger partial charge in [0.2, 0.25) is 0 Å². The van der Waals surface area contributed by atoms with Gasteiger partial charge < -0.3 is 0 Å². The molecule has 0 bridgehead atoms. The highest BCUT2D eigenvalue weighted by Gasteiger charge is 2.17. The number of para-hydroxylation sites is 2. The van der Waals surface area contributed by atoms with Crippen molar-refractivity contribution in [3.05, 3.63) is 54.1 Å². The largest absolute Gasteiger partial charge is 0.294 e. The van der Waals surface area contributed by atoms with Crippen molar-refractivity contribution in [2.24, 2.45) is 5.92 Å². The molecule has 2 nitrogen and oxygen atoms in total. The Kier molecular flexibility index (Phi) is 2.79. The molecule has 0 radical (unpaired) electrons. The molecule has 19 heavy (non-hydrogen) atoms. The lowest BCUT2D eigenvalue weighted by Crippen LogP contribution is -2.09. The minimum Gasteiger partial charge on any atom is -0.294 e. The van der Waals surface area contributed by atoms with Crippen LogP contribution in [0, 0.1) is 5.92 Å². The highest BCUT2D eigenvalue weighted by Crippen LogP contribution is 2.27. The quantitative estimate of drug-likeness (QED) is 0.502. The smallest absolute Gasteiger partial charge is 0.166 e. The fourth-order valence-corrected chi connectivity index (χ4v) is 2.39. The zero-order chi connectivity index (χ0) is 13.4. The Bertz CT molecular complexity index is 720. The maximum absolute atomic E-state index is 12.5. The molecule has 0 fully saturated rings. The predicted octanol–water partition coefficient (Wildman–Crippen LogP) is 4.23. The molecule has 0 saturated heterocycles. The highest BCUT2D eigenvalue weighted by molar-refractivity contribution is 6.17. The lowest BCUT2D eigenvalue weighted by atomic mass is 9.94. The van der Waals surface area contributed by atoms with Gasteiger partial charge in [-0.25, -0.2) is 4.98 Å². The average Bonchev–Trinajstić information content (AvgIpc) is 2.43. The van der Waals surface area contributed by atoms with Crippen molar-refractivity contribution in [2.45, 2.75) is 13.8 Å². The molecule has 0 aliphatic rings. The van der Waals surface area contributed by atoms with E-state index in [1.54, 1.807) is 0 Å². The first-order valence-corrected chi connectivity index (χ1v) is 6.50. The molecule has 0 unspecified atom stereocenters. The van der Waals surface area contributed by atoms with Gasteiger partial charge in [-0.2, -0.15) is 0 Å². The second kappa shape index (κ2) is 4.47. The van der Waals surface area contributed by atoms with Gasteiger partial charge in [0.05, 0.1) is 11.0 Å². The van der Waals surface area contributed by atoms with Crippen molar-refractivity contribution in [3.8, 4) is 0 Å². The van der Waals surface area contributed by atoms with Gasteiger partial charge in [0, 0.05) is 22.3 Å². The lowest BCUT2D eigenvalue weighted by Gasteiger charge is -2.11. The van der Waals surface area contributed by atoms with E-state index in [2.05, 4.69) is 4.98 Å². The lowest BCUT2D eigenvalue weighted by molar-refractivity contribution is 0.0942. The molecule has 3 rings (SSSR count). The van der Waals surface area contributed by atoms with Gasteiger partial charge in [-0.3, -0.25) is 4.79 Å². The van der Waals surface area contributed by atoms with Gasteiger partial charge in [-0.1, -0.05) is 50.2 Å². The van der Waals surface area contributed by atoms with E-state index in [0.29, 0.717) is 0 Å². The Balaban J connectivity index is 2.50. The first-order valence-electron chi connectivity index (χ1n) is 6.50. The van der Waals surface area contributed by atoms with Crippen LogP contribution in [0.3, 0.4) is 0 Å². The maximum atomic E-state index is 12.5. The minimum atomic E-state index is -0.0192. The van der Waals surface area contributed by atoms with Gasteiger partial charge in [0.15, 0.2) is 5.78 Å². The molecule has 0 saturated carbocycles. The molecule has 0 aliphatic carbocycles. The summed E-state index contributed by atoms with van der Waals surface area (Å²) in [4.78, 5) is 17.2. The van der Waals surface area contributed by atoms with E-state index in [4.69, 9.17) is 0 Å². The normalized spacial score (nSPS) is 11.3. The van der Waals surface area contributed by atoms with Crippen LogP contribution in [0.2, 0.25) is 0 Å². The predicted molar refractivity (Wildman–Crippen MR) is 78.4 cm³/mol. The number of nitrogens with zero attached hydrogens (tertiary/aromatic N) is 1. The first kappa shape index (κ1) is 11.8. The summed E-state index contributed by atoms with van der Waals surface area (Å²) in [6.45, 7) is 3.87. The van der Waals surface area contributed by atoms with E-state index < -0.39 is 0 Å². The monoisotopic (exact) mass is 249 g/mol. The number of Topliss-reactive ketones (excluding diaryl/α,β-unsaturated/α-hetero) is 1. The standard InChI is InChI=1S/C17H15NO/c1-11(2)17(19)16-12-7-3-5-9-14(12)18-15-10-6-4-8-13(15)16/h3-11H,1-2H3. The molecule has 1 aromatic heterocycles. The van der Waals surface area contributed by atoms with Crippen LogP contribution in [0.25, 0.3) is 21.8 Å². The molecule has 2 aromatic carbocycles. The summed E-state index contributed by atoms with van der Waals surface area (Å²) < 4.78 is 0. The number of hydrogen-bond donors (Lipinski definition) is 0. The number of fused-ring (bicyclic) bond motifs is 2. The molecule has 1 heterocycles. The molecule has 0 amide bonds. The number of hydrogen-bond acceptors (Lipinski definition) is 2. The number of pyridine rings is 1. The molecule has 0 N–H and O–H groups in total. The zero-order valence-corrected chi connectivity index (χ0v) is 11.1. The third kappa shape index (κ3) is 1.89. The SMILES string of the molecule is CC(C)C(=O)c1c2ccccc2nc2ccccc12. The van der Waals surface area contributed by atoms with E-state index in [-0.39, 0.29) is 11.7 Å². The Morgan fingerprint density at radius 2 is 1.37 bits per heavy atom. The van der Waals surface area contributed by atoms with E-state index >= 15 is 0 Å². The Morgan fingerprint density at radius 3 is 1.84 bits per heavy atom. The minimum absolute atomic E-state index is 0.0192. The van der Waals surface area contributed by atoms with Gasteiger partial charge in [-0.05, 0) is 12.1 Å². The number of carbonyl (C=O) groups excluding carboxylic acids is 1. The summed E-state index contributed by atoms with van der Waals surface area (Å²) >= 11 is 0. The third-order valence-corrected chi connectivity index (χ3v) is 3.36. The van der Waals surface area contributed by atoms with Crippen molar-refractivity contribution < 1.29 is 4.79 Å². The van der Waals surface area contributed by atoms with Crippen LogP contribution in [0.15, 0.2) is 48.5 Å². The number of benzene rings is 2. The summed E-state index contributed by atoms with van der Waals surface area (Å²) in [5.41, 5.74) is 2.56. The van der Waals surface area contributed by atoms with E-state index in [9.17, 15) is 4.79 Å². The molecule has 94 valence electrons. The summed E-state index contributed by atoms with van der Waals surface area (Å²) in [6, 6.07) is 15.7. The van der Waals surface area contributed by atoms with Gasteiger partial charge in [0.1, 0.15) is 0 Å². The Labute approximate surface area is 112 Å². The van der Waals surface area contributed by atoms with E-state index in [1.165, 1.54) is 0 Å². The van der Waals surface area contributed by atoms with Crippen LogP contribution in [0.1, 0.15) is 24.2 Å².